The summed E-state index contributed by atoms with van der Waals surface area (Å²) in [5.41, 5.74) is 1.47. The van der Waals surface area contributed by atoms with Gasteiger partial charge in [0.1, 0.15) is 4.21 Å². The molecule has 138 valence electrons. The summed E-state index contributed by atoms with van der Waals surface area (Å²) >= 11 is 1.18. The SMILES string of the molecule is CNC(C)Cc1noc(Cc2ccc(NS(=O)(=O)c3cccs3)cc2)n1. The molecule has 2 aromatic heterocycles. The standard InChI is InChI=1S/C17H20N4O3S2/c1-12(18-2)10-15-19-16(24-20-15)11-13-5-7-14(8-6-13)21-26(22,23)17-4-3-9-25-17/h3-9,12,18,21H,10-11H2,1-2H3. The molecule has 0 saturated heterocycles. The second-order valence-electron chi connectivity index (χ2n) is 5.91. The van der Waals surface area contributed by atoms with Crippen molar-refractivity contribution in [2.45, 2.75) is 30.0 Å². The van der Waals surface area contributed by atoms with Gasteiger partial charge in [0.25, 0.3) is 10.0 Å². The van der Waals surface area contributed by atoms with Gasteiger partial charge in [-0.05, 0) is 43.1 Å². The molecule has 0 aliphatic heterocycles. The normalized spacial score (nSPS) is 12.8. The van der Waals surface area contributed by atoms with E-state index in [1.54, 1.807) is 29.6 Å². The van der Waals surface area contributed by atoms with E-state index in [9.17, 15) is 8.42 Å². The summed E-state index contributed by atoms with van der Waals surface area (Å²) in [6.07, 6.45) is 1.20. The molecule has 26 heavy (non-hydrogen) atoms. The van der Waals surface area contributed by atoms with Gasteiger partial charge in [-0.15, -0.1) is 11.3 Å². The van der Waals surface area contributed by atoms with Crippen molar-refractivity contribution in [1.29, 1.82) is 0 Å². The van der Waals surface area contributed by atoms with Gasteiger partial charge in [0.15, 0.2) is 5.82 Å². The van der Waals surface area contributed by atoms with Crippen LogP contribution in [0.25, 0.3) is 0 Å². The van der Waals surface area contributed by atoms with Gasteiger partial charge < -0.3 is 9.84 Å². The highest BCUT2D eigenvalue weighted by atomic mass is 32.2. The largest absolute Gasteiger partial charge is 0.339 e. The molecule has 0 aliphatic rings. The van der Waals surface area contributed by atoms with Crippen LogP contribution in [-0.2, 0) is 22.9 Å². The summed E-state index contributed by atoms with van der Waals surface area (Å²) < 4.78 is 32.6. The first-order valence-electron chi connectivity index (χ1n) is 8.10. The maximum atomic E-state index is 12.2. The Morgan fingerprint density at radius 1 is 1.23 bits per heavy atom. The molecule has 9 heteroatoms. The van der Waals surface area contributed by atoms with Crippen molar-refractivity contribution in [3.05, 3.63) is 59.1 Å². The summed E-state index contributed by atoms with van der Waals surface area (Å²) in [5, 5.41) is 8.84. The summed E-state index contributed by atoms with van der Waals surface area (Å²) in [7, 11) is -1.64. The molecule has 2 heterocycles. The zero-order valence-electron chi connectivity index (χ0n) is 14.5. The van der Waals surface area contributed by atoms with Gasteiger partial charge >= 0.3 is 0 Å². The summed E-state index contributed by atoms with van der Waals surface area (Å²) in [5.74, 6) is 1.21. The van der Waals surface area contributed by atoms with Crippen molar-refractivity contribution in [2.24, 2.45) is 0 Å². The third-order valence-corrected chi connectivity index (χ3v) is 6.59. The minimum atomic E-state index is -3.53. The highest BCUT2D eigenvalue weighted by Crippen LogP contribution is 2.21. The van der Waals surface area contributed by atoms with Gasteiger partial charge in [0, 0.05) is 18.2 Å². The van der Waals surface area contributed by atoms with Gasteiger partial charge in [0.2, 0.25) is 5.89 Å². The number of likely N-dealkylation sites (N-methyl/N-ethyl adjacent to an activating group) is 1. The Morgan fingerprint density at radius 2 is 2.00 bits per heavy atom. The number of hydrogen-bond acceptors (Lipinski definition) is 7. The van der Waals surface area contributed by atoms with E-state index in [0.717, 1.165) is 5.56 Å². The first-order valence-corrected chi connectivity index (χ1v) is 10.5. The zero-order valence-corrected chi connectivity index (χ0v) is 16.1. The Labute approximate surface area is 156 Å². The maximum Gasteiger partial charge on any atom is 0.271 e. The van der Waals surface area contributed by atoms with Gasteiger partial charge in [-0.25, -0.2) is 8.42 Å². The van der Waals surface area contributed by atoms with Crippen molar-refractivity contribution < 1.29 is 12.9 Å². The molecule has 0 fully saturated rings. The van der Waals surface area contributed by atoms with E-state index in [-0.39, 0.29) is 10.3 Å². The predicted molar refractivity (Wildman–Crippen MR) is 101 cm³/mol. The Bertz CT molecular complexity index is 935. The number of anilines is 1. The molecule has 0 spiro atoms. The minimum Gasteiger partial charge on any atom is -0.339 e. The lowest BCUT2D eigenvalue weighted by molar-refractivity contribution is 0.377. The molecule has 0 radical (unpaired) electrons. The predicted octanol–water partition coefficient (Wildman–Crippen LogP) is 2.67. The topological polar surface area (TPSA) is 97.1 Å². The van der Waals surface area contributed by atoms with E-state index in [1.165, 1.54) is 11.3 Å². The number of sulfonamides is 1. The number of thiophene rings is 1. The summed E-state index contributed by atoms with van der Waals surface area (Å²) in [4.78, 5) is 4.38. The van der Waals surface area contributed by atoms with Crippen LogP contribution >= 0.6 is 11.3 Å². The highest BCUT2D eigenvalue weighted by molar-refractivity contribution is 7.94. The van der Waals surface area contributed by atoms with Crippen LogP contribution in [-0.4, -0.2) is 31.6 Å². The average Bonchev–Trinajstić information content (AvgIpc) is 3.29. The van der Waals surface area contributed by atoms with Crippen molar-refractivity contribution in [1.82, 2.24) is 15.5 Å². The Kier molecular flexibility index (Phi) is 5.70. The van der Waals surface area contributed by atoms with Gasteiger partial charge in [-0.3, -0.25) is 4.72 Å². The van der Waals surface area contributed by atoms with Crippen molar-refractivity contribution in [3.8, 4) is 0 Å². The molecule has 0 bridgehead atoms. The van der Waals surface area contributed by atoms with E-state index in [1.807, 2.05) is 26.1 Å². The van der Waals surface area contributed by atoms with Crippen LogP contribution in [0.2, 0.25) is 0 Å². The lowest BCUT2D eigenvalue weighted by Gasteiger charge is -2.06. The zero-order chi connectivity index (χ0) is 18.6. The molecule has 1 unspecified atom stereocenters. The van der Waals surface area contributed by atoms with Crippen molar-refractivity contribution in [2.75, 3.05) is 11.8 Å². The van der Waals surface area contributed by atoms with Crippen molar-refractivity contribution >= 4 is 27.0 Å². The van der Waals surface area contributed by atoms with Crippen LogP contribution in [0.1, 0.15) is 24.2 Å². The molecule has 2 N–H and O–H groups in total. The molecule has 3 rings (SSSR count). The Hall–Kier alpha value is -2.23. The van der Waals surface area contributed by atoms with Crippen LogP contribution in [0.5, 0.6) is 0 Å². The van der Waals surface area contributed by atoms with Gasteiger partial charge in [-0.2, -0.15) is 4.98 Å². The minimum absolute atomic E-state index is 0.274. The van der Waals surface area contributed by atoms with E-state index in [4.69, 9.17) is 4.52 Å². The lowest BCUT2D eigenvalue weighted by atomic mass is 10.1. The van der Waals surface area contributed by atoms with Crippen molar-refractivity contribution in [3.63, 3.8) is 0 Å². The quantitative estimate of drug-likeness (QED) is 0.612. The smallest absolute Gasteiger partial charge is 0.271 e. The number of rotatable bonds is 8. The molecule has 0 saturated carbocycles. The van der Waals surface area contributed by atoms with E-state index >= 15 is 0 Å². The second-order valence-corrected chi connectivity index (χ2v) is 8.77. The van der Waals surface area contributed by atoms with Crippen LogP contribution in [0, 0.1) is 0 Å². The molecule has 1 aromatic carbocycles. The van der Waals surface area contributed by atoms with E-state index in [2.05, 4.69) is 20.2 Å². The molecule has 0 amide bonds. The molecular weight excluding hydrogens is 372 g/mol. The second kappa shape index (κ2) is 7.98. The van der Waals surface area contributed by atoms with Gasteiger partial charge in [-0.1, -0.05) is 23.4 Å². The fourth-order valence-electron chi connectivity index (χ4n) is 2.31. The Balaban J connectivity index is 1.63. The Morgan fingerprint density at radius 3 is 2.65 bits per heavy atom. The fraction of sp³-hybridized carbons (Fsp3) is 0.294. The number of nitrogens with zero attached hydrogens (tertiary/aromatic N) is 2. The van der Waals surface area contributed by atoms with Crippen LogP contribution in [0.15, 0.2) is 50.5 Å². The molecule has 1 atom stereocenters. The number of hydrogen-bond donors (Lipinski definition) is 2. The fourth-order valence-corrected chi connectivity index (χ4v) is 4.36. The van der Waals surface area contributed by atoms with Crippen LogP contribution in [0.3, 0.4) is 0 Å². The summed E-state index contributed by atoms with van der Waals surface area (Å²) in [6.45, 7) is 2.05. The third-order valence-electron chi connectivity index (χ3n) is 3.81. The molecule has 7 nitrogen and oxygen atoms in total. The van der Waals surface area contributed by atoms with Gasteiger partial charge in [0.05, 0.1) is 6.42 Å². The average molecular weight is 393 g/mol. The maximum absolute atomic E-state index is 12.2. The number of benzene rings is 1. The van der Waals surface area contributed by atoms with Crippen LogP contribution < -0.4 is 10.0 Å². The monoisotopic (exact) mass is 392 g/mol. The van der Waals surface area contributed by atoms with E-state index < -0.39 is 10.0 Å². The lowest BCUT2D eigenvalue weighted by Crippen LogP contribution is -2.24. The molecular formula is C17H20N4O3S2. The molecule has 3 aromatic rings. The highest BCUT2D eigenvalue weighted by Gasteiger charge is 2.15. The molecule has 0 aliphatic carbocycles. The first-order chi connectivity index (χ1) is 12.5. The number of aromatic nitrogens is 2. The van der Waals surface area contributed by atoms with Crippen LogP contribution in [0.4, 0.5) is 5.69 Å². The number of nitrogens with one attached hydrogen (secondary N) is 2. The first kappa shape index (κ1) is 18.6. The van der Waals surface area contributed by atoms with E-state index in [0.29, 0.717) is 30.2 Å². The third kappa shape index (κ3) is 4.69. The summed E-state index contributed by atoms with van der Waals surface area (Å²) in [6, 6.07) is 10.7.